The smallest absolute Gasteiger partial charge is 0.248 e. The number of fused-ring (bicyclic) bond motifs is 1. The summed E-state index contributed by atoms with van der Waals surface area (Å²) in [4.78, 5) is 49.6. The topological polar surface area (TPSA) is 90.4 Å². The zero-order chi connectivity index (χ0) is 31.5. The number of likely N-dealkylation sites (tertiary alicyclic amines) is 1. The molecule has 0 aromatic heterocycles. The molecule has 1 aromatic carbocycles. The van der Waals surface area contributed by atoms with Crippen molar-refractivity contribution < 1.29 is 24.2 Å². The molecule has 3 saturated heterocycles. The van der Waals surface area contributed by atoms with Crippen LogP contribution in [0.1, 0.15) is 78.1 Å². The second kappa shape index (κ2) is 13.6. The van der Waals surface area contributed by atoms with E-state index in [1.165, 1.54) is 6.42 Å². The first-order chi connectivity index (χ1) is 21.2. The number of aliphatic hydroxyl groups is 1. The highest BCUT2D eigenvalue weighted by molar-refractivity contribution is 6.03. The average Bonchev–Trinajstić information content (AvgIpc) is 3.55. The van der Waals surface area contributed by atoms with Gasteiger partial charge in [-0.25, -0.2) is 0 Å². The summed E-state index contributed by atoms with van der Waals surface area (Å²) in [7, 11) is 0. The number of unbranched alkanes of at least 4 members (excludes halogenated alkanes) is 3. The number of hydrogen-bond donors (Lipinski definition) is 1. The molecule has 240 valence electrons. The number of carbonyl (C=O) groups is 3. The number of anilines is 1. The minimum atomic E-state index is -1.07. The lowest BCUT2D eigenvalue weighted by Gasteiger charge is -2.41. The molecule has 2 bridgehead atoms. The van der Waals surface area contributed by atoms with Crippen LogP contribution in [0.3, 0.4) is 0 Å². The van der Waals surface area contributed by atoms with Crippen molar-refractivity contribution in [3.8, 4) is 0 Å². The van der Waals surface area contributed by atoms with E-state index in [1.54, 1.807) is 22.0 Å². The van der Waals surface area contributed by atoms with Crippen molar-refractivity contribution in [1.29, 1.82) is 0 Å². The Morgan fingerprint density at radius 1 is 1.02 bits per heavy atom. The van der Waals surface area contributed by atoms with Gasteiger partial charge in [-0.05, 0) is 57.1 Å². The fourth-order valence-electron chi connectivity index (χ4n) is 8.72. The van der Waals surface area contributed by atoms with Crippen LogP contribution in [-0.4, -0.2) is 82.2 Å². The van der Waals surface area contributed by atoms with Crippen LogP contribution in [0.15, 0.2) is 55.6 Å². The fourth-order valence-corrected chi connectivity index (χ4v) is 8.72. The Labute approximate surface area is 263 Å². The van der Waals surface area contributed by atoms with Crippen LogP contribution in [0.25, 0.3) is 0 Å². The van der Waals surface area contributed by atoms with E-state index in [4.69, 9.17) is 4.74 Å². The van der Waals surface area contributed by atoms with Crippen LogP contribution in [-0.2, 0) is 19.1 Å². The Kier molecular flexibility index (Phi) is 10.0. The maximum atomic E-state index is 14.9. The van der Waals surface area contributed by atoms with Crippen LogP contribution < -0.4 is 4.90 Å². The third-order valence-electron chi connectivity index (χ3n) is 10.9. The molecule has 8 heteroatoms. The molecule has 44 heavy (non-hydrogen) atoms. The van der Waals surface area contributed by atoms with Gasteiger partial charge in [-0.2, -0.15) is 0 Å². The normalized spacial score (nSPS) is 31.2. The molecule has 3 aliphatic heterocycles. The van der Waals surface area contributed by atoms with Gasteiger partial charge in [0.2, 0.25) is 17.7 Å². The lowest BCUT2D eigenvalue weighted by molar-refractivity contribution is -0.154. The van der Waals surface area contributed by atoms with Crippen LogP contribution >= 0.6 is 0 Å². The maximum Gasteiger partial charge on any atom is 0.248 e. The first kappa shape index (κ1) is 32.4. The summed E-state index contributed by atoms with van der Waals surface area (Å²) in [6.07, 6.45) is 12.4. The summed E-state index contributed by atoms with van der Waals surface area (Å²) in [5, 5.41) is 9.26. The Hall–Kier alpha value is -2.97. The predicted octanol–water partition coefficient (Wildman–Crippen LogP) is 5.12. The first-order valence-corrected chi connectivity index (χ1v) is 16.7. The minimum Gasteiger partial charge on any atom is -0.396 e. The van der Waals surface area contributed by atoms with Crippen molar-refractivity contribution >= 4 is 23.4 Å². The quantitative estimate of drug-likeness (QED) is 0.235. The van der Waals surface area contributed by atoms with E-state index in [0.717, 1.165) is 50.6 Å². The molecule has 6 atom stereocenters. The molecule has 4 aliphatic rings. The number of nitrogens with zero attached hydrogens (tertiary/aromatic N) is 3. The number of amides is 3. The molecular formula is C36H51N3O5. The number of rotatable bonds is 14. The third-order valence-corrected chi connectivity index (χ3v) is 10.9. The van der Waals surface area contributed by atoms with Gasteiger partial charge >= 0.3 is 0 Å². The maximum absolute atomic E-state index is 14.9. The second-order valence-electron chi connectivity index (χ2n) is 13.5. The van der Waals surface area contributed by atoms with Crippen molar-refractivity contribution in [3.05, 3.63) is 55.6 Å². The highest BCUT2D eigenvalue weighted by Gasteiger charge is 2.80. The molecule has 0 radical (unpaired) electrons. The summed E-state index contributed by atoms with van der Waals surface area (Å²) < 4.78 is 7.03. The minimum absolute atomic E-state index is 0.0239. The van der Waals surface area contributed by atoms with Gasteiger partial charge < -0.3 is 24.5 Å². The molecule has 8 nitrogen and oxygen atoms in total. The van der Waals surface area contributed by atoms with E-state index < -0.39 is 29.1 Å². The van der Waals surface area contributed by atoms with Crippen LogP contribution in [0, 0.1) is 17.8 Å². The molecule has 1 N–H and O–H groups in total. The molecule has 1 aliphatic carbocycles. The number of ether oxygens (including phenoxy) is 1. The lowest BCUT2D eigenvalue weighted by Crippen LogP contribution is -2.58. The molecule has 1 aromatic rings. The Morgan fingerprint density at radius 2 is 1.70 bits per heavy atom. The molecule has 3 heterocycles. The van der Waals surface area contributed by atoms with Gasteiger partial charge in [0.05, 0.1) is 17.4 Å². The summed E-state index contributed by atoms with van der Waals surface area (Å²) in [5.41, 5.74) is -1.21. The van der Waals surface area contributed by atoms with Crippen molar-refractivity contribution in [3.63, 3.8) is 0 Å². The van der Waals surface area contributed by atoms with E-state index in [9.17, 15) is 19.5 Å². The van der Waals surface area contributed by atoms with Crippen LogP contribution in [0.2, 0.25) is 0 Å². The summed E-state index contributed by atoms with van der Waals surface area (Å²) >= 11 is 0. The molecule has 3 unspecified atom stereocenters. The van der Waals surface area contributed by atoms with Crippen molar-refractivity contribution in [2.24, 2.45) is 17.8 Å². The lowest BCUT2D eigenvalue weighted by atomic mass is 9.62. The second-order valence-corrected chi connectivity index (χ2v) is 13.5. The van der Waals surface area contributed by atoms with Gasteiger partial charge in [0.15, 0.2) is 0 Å². The third kappa shape index (κ3) is 5.53. The zero-order valence-electron chi connectivity index (χ0n) is 26.7. The highest BCUT2D eigenvalue weighted by atomic mass is 16.5. The zero-order valence-corrected chi connectivity index (χ0v) is 26.7. The summed E-state index contributed by atoms with van der Waals surface area (Å²) in [5.74, 6) is -1.86. The first-order valence-electron chi connectivity index (χ1n) is 16.7. The van der Waals surface area contributed by atoms with E-state index in [2.05, 4.69) is 20.1 Å². The van der Waals surface area contributed by atoms with Crippen LogP contribution in [0.4, 0.5) is 5.69 Å². The molecule has 1 spiro atoms. The SMILES string of the molecule is C=CCN(C(=O)[C@H]1[C@H]2C(=O)N(CCCCCCO)C(C(=O)N(CC=C)C3CCCCC3)C23CC(C)[C@]1(C)O3)c1ccccc1. The van der Waals surface area contributed by atoms with E-state index >= 15 is 0 Å². The molecule has 3 amide bonds. The molecular weight excluding hydrogens is 554 g/mol. The van der Waals surface area contributed by atoms with Gasteiger partial charge in [0.1, 0.15) is 11.6 Å². The molecule has 1 saturated carbocycles. The van der Waals surface area contributed by atoms with Crippen LogP contribution in [0.5, 0.6) is 0 Å². The molecule has 5 rings (SSSR count). The van der Waals surface area contributed by atoms with Gasteiger partial charge in [0.25, 0.3) is 0 Å². The Bertz CT molecular complexity index is 1220. The number of hydrogen-bond acceptors (Lipinski definition) is 5. The van der Waals surface area contributed by atoms with Crippen molar-refractivity contribution in [1.82, 2.24) is 9.80 Å². The fraction of sp³-hybridized carbons (Fsp3) is 0.639. The average molecular weight is 606 g/mol. The van der Waals surface area contributed by atoms with Crippen molar-refractivity contribution in [2.75, 3.05) is 31.1 Å². The van der Waals surface area contributed by atoms with Gasteiger partial charge in [0, 0.05) is 38.0 Å². The van der Waals surface area contributed by atoms with Gasteiger partial charge in [-0.1, -0.05) is 69.4 Å². The monoisotopic (exact) mass is 605 g/mol. The largest absolute Gasteiger partial charge is 0.396 e. The number of para-hydroxylation sites is 1. The number of carbonyl (C=O) groups excluding carboxylic acids is 3. The standard InChI is InChI=1S/C36H51N3O5/c1-5-21-37(27-17-11-9-12-18-27)32(41)29-30-33(42)39(23-15-7-8-16-24-40)31(36(30)25-26(3)35(29,4)44-36)34(43)38(22-6-2)28-19-13-10-14-20-28/h5-6,9,11-12,17-18,26,28-31,40H,1-2,7-8,10,13-16,19-25H2,3-4H3/t26?,29-,30+,31?,35+,36?/m1/s1. The van der Waals surface area contributed by atoms with E-state index in [-0.39, 0.29) is 36.3 Å². The summed E-state index contributed by atoms with van der Waals surface area (Å²) in [6.45, 7) is 13.2. The number of aliphatic hydroxyl groups excluding tert-OH is 1. The predicted molar refractivity (Wildman–Crippen MR) is 172 cm³/mol. The summed E-state index contributed by atoms with van der Waals surface area (Å²) in [6, 6.07) is 8.83. The Morgan fingerprint density at radius 3 is 2.36 bits per heavy atom. The van der Waals surface area contributed by atoms with Gasteiger partial charge in [-0.15, -0.1) is 13.2 Å². The highest BCUT2D eigenvalue weighted by Crippen LogP contribution is 2.65. The van der Waals surface area contributed by atoms with E-state index in [1.807, 2.05) is 42.2 Å². The van der Waals surface area contributed by atoms with E-state index in [0.29, 0.717) is 32.5 Å². The van der Waals surface area contributed by atoms with Crippen molar-refractivity contribution in [2.45, 2.75) is 101 Å². The Balaban J connectivity index is 1.55. The van der Waals surface area contributed by atoms with Gasteiger partial charge in [-0.3, -0.25) is 14.4 Å². The number of benzene rings is 1. The molecule has 4 fully saturated rings.